The summed E-state index contributed by atoms with van der Waals surface area (Å²) in [5.74, 6) is 1.02. The number of sulfonamides is 1. The Hall–Kier alpha value is -0.700. The third-order valence-corrected chi connectivity index (χ3v) is 6.46. The lowest BCUT2D eigenvalue weighted by Gasteiger charge is -2.36. The molecule has 1 aliphatic rings. The molecule has 19 heavy (non-hydrogen) atoms. The number of hydrogen-bond donors (Lipinski definition) is 2. The number of anilines is 1. The van der Waals surface area contributed by atoms with Gasteiger partial charge in [0, 0.05) is 13.1 Å². The normalized spacial score (nSPS) is 24.7. The summed E-state index contributed by atoms with van der Waals surface area (Å²) < 4.78 is 23.0. The van der Waals surface area contributed by atoms with E-state index in [0.717, 1.165) is 36.0 Å². The minimum Gasteiger partial charge on any atom is -0.348 e. The molecule has 4 N–H and O–H groups in total. The number of primary sulfonamides is 1. The summed E-state index contributed by atoms with van der Waals surface area (Å²) in [5, 5.41) is 5.91. The fourth-order valence-electron chi connectivity index (χ4n) is 2.40. The highest BCUT2D eigenvalue weighted by Gasteiger charge is 2.28. The van der Waals surface area contributed by atoms with Crippen molar-refractivity contribution in [2.24, 2.45) is 22.7 Å². The monoisotopic (exact) mass is 304 g/mol. The van der Waals surface area contributed by atoms with Gasteiger partial charge in [-0.15, -0.1) is 0 Å². The maximum Gasteiger partial charge on any atom is 0.249 e. The van der Waals surface area contributed by atoms with Crippen LogP contribution in [0.5, 0.6) is 0 Å². The van der Waals surface area contributed by atoms with Crippen molar-refractivity contribution in [1.29, 1.82) is 0 Å². The number of aryl methyl sites for hydroxylation is 1. The van der Waals surface area contributed by atoms with Crippen molar-refractivity contribution in [3.63, 3.8) is 0 Å². The topological polar surface area (TPSA) is 102 Å². The van der Waals surface area contributed by atoms with E-state index in [1.165, 1.54) is 0 Å². The van der Waals surface area contributed by atoms with Gasteiger partial charge < -0.3 is 10.6 Å². The molecule has 0 aromatic carbocycles. The van der Waals surface area contributed by atoms with Crippen LogP contribution < -0.4 is 15.8 Å². The quantitative estimate of drug-likeness (QED) is 0.847. The zero-order valence-corrected chi connectivity index (χ0v) is 12.8. The molecule has 0 spiro atoms. The molecule has 1 fully saturated rings. The van der Waals surface area contributed by atoms with Gasteiger partial charge in [-0.2, -0.15) is 0 Å². The number of nitrogens with two attached hydrogens (primary N) is 2. The number of aromatic nitrogens is 1. The van der Waals surface area contributed by atoms with Crippen molar-refractivity contribution in [2.75, 3.05) is 24.5 Å². The van der Waals surface area contributed by atoms with E-state index < -0.39 is 10.0 Å². The highest BCUT2D eigenvalue weighted by molar-refractivity contribution is 7.91. The molecular weight excluding hydrogens is 284 g/mol. The second-order valence-electron chi connectivity index (χ2n) is 5.12. The lowest BCUT2D eigenvalue weighted by Crippen LogP contribution is -2.42. The fraction of sp³-hybridized carbons (Fsp3) is 0.727. The van der Waals surface area contributed by atoms with Crippen LogP contribution in [-0.2, 0) is 10.0 Å². The summed E-state index contributed by atoms with van der Waals surface area (Å²) in [4.78, 5) is 6.45. The van der Waals surface area contributed by atoms with Crippen LogP contribution in [0.15, 0.2) is 4.21 Å². The van der Waals surface area contributed by atoms with Gasteiger partial charge in [-0.05, 0) is 31.7 Å². The first-order valence-corrected chi connectivity index (χ1v) is 8.64. The van der Waals surface area contributed by atoms with E-state index in [-0.39, 0.29) is 4.21 Å². The number of nitrogens with zero attached hydrogens (tertiary/aromatic N) is 2. The molecule has 2 rings (SSSR count). The average Bonchev–Trinajstić information content (AvgIpc) is 2.72. The molecule has 1 aromatic rings. The van der Waals surface area contributed by atoms with Crippen LogP contribution in [0.4, 0.5) is 5.13 Å². The van der Waals surface area contributed by atoms with E-state index >= 15 is 0 Å². The molecule has 0 aliphatic carbocycles. The van der Waals surface area contributed by atoms with Crippen LogP contribution in [0.25, 0.3) is 0 Å². The molecule has 2 atom stereocenters. The van der Waals surface area contributed by atoms with Crippen LogP contribution >= 0.6 is 11.3 Å². The lowest BCUT2D eigenvalue weighted by atomic mass is 9.87. The Morgan fingerprint density at radius 1 is 1.53 bits per heavy atom. The Kier molecular flexibility index (Phi) is 4.14. The Balaban J connectivity index is 2.24. The maximum atomic E-state index is 11.4. The molecule has 1 aliphatic heterocycles. The van der Waals surface area contributed by atoms with Gasteiger partial charge in [-0.1, -0.05) is 18.3 Å². The molecule has 6 nitrogen and oxygen atoms in total. The molecule has 1 aromatic heterocycles. The third kappa shape index (κ3) is 3.07. The standard InChI is InChI=1S/C11H20N4O2S2/c1-7-3-4-15(6-9(7)5-12)11-14-8(2)10(18-11)19(13,16)17/h7,9H,3-6,12H2,1-2H3,(H2,13,16,17). The molecule has 0 amide bonds. The Morgan fingerprint density at radius 2 is 2.21 bits per heavy atom. The van der Waals surface area contributed by atoms with Crippen LogP contribution in [0, 0.1) is 18.8 Å². The SMILES string of the molecule is Cc1nc(N2CCC(C)C(CN)C2)sc1S(N)(=O)=O. The zero-order valence-electron chi connectivity index (χ0n) is 11.2. The van der Waals surface area contributed by atoms with Gasteiger partial charge in [0.25, 0.3) is 0 Å². The first-order valence-electron chi connectivity index (χ1n) is 6.28. The van der Waals surface area contributed by atoms with E-state index in [4.69, 9.17) is 10.9 Å². The highest BCUT2D eigenvalue weighted by Crippen LogP contribution is 2.32. The minimum atomic E-state index is -3.68. The van der Waals surface area contributed by atoms with E-state index in [1.807, 2.05) is 0 Å². The Morgan fingerprint density at radius 3 is 2.74 bits per heavy atom. The zero-order chi connectivity index (χ0) is 14.2. The minimum absolute atomic E-state index is 0.158. The molecule has 1 saturated heterocycles. The van der Waals surface area contributed by atoms with Crippen molar-refractivity contribution in [2.45, 2.75) is 24.5 Å². The Labute approximate surface area is 117 Å². The van der Waals surface area contributed by atoms with E-state index in [2.05, 4.69) is 16.8 Å². The third-order valence-electron chi connectivity index (χ3n) is 3.69. The van der Waals surface area contributed by atoms with Crippen molar-refractivity contribution < 1.29 is 8.42 Å². The van der Waals surface area contributed by atoms with E-state index in [9.17, 15) is 8.42 Å². The highest BCUT2D eigenvalue weighted by atomic mass is 32.2. The second kappa shape index (κ2) is 5.35. The van der Waals surface area contributed by atoms with Gasteiger partial charge in [0.1, 0.15) is 0 Å². The predicted octanol–water partition coefficient (Wildman–Crippen LogP) is 0.520. The Bertz CT molecular complexity index is 555. The second-order valence-corrected chi connectivity index (χ2v) is 7.86. The first-order chi connectivity index (χ1) is 8.82. The molecule has 0 bridgehead atoms. The van der Waals surface area contributed by atoms with E-state index in [1.54, 1.807) is 6.92 Å². The average molecular weight is 304 g/mol. The van der Waals surface area contributed by atoms with E-state index in [0.29, 0.717) is 24.1 Å². The summed E-state index contributed by atoms with van der Waals surface area (Å²) in [6.45, 7) is 6.23. The van der Waals surface area contributed by atoms with Crippen molar-refractivity contribution in [3.8, 4) is 0 Å². The van der Waals surface area contributed by atoms with Crippen molar-refractivity contribution >= 4 is 26.5 Å². The smallest absolute Gasteiger partial charge is 0.249 e. The maximum absolute atomic E-state index is 11.4. The van der Waals surface area contributed by atoms with Crippen LogP contribution in [0.1, 0.15) is 19.0 Å². The van der Waals surface area contributed by atoms with Crippen LogP contribution in [0.2, 0.25) is 0 Å². The number of rotatable bonds is 3. The molecule has 2 unspecified atom stereocenters. The fourth-order valence-corrected chi connectivity index (χ4v) is 4.38. The van der Waals surface area contributed by atoms with Crippen molar-refractivity contribution in [1.82, 2.24) is 4.98 Å². The molecular formula is C11H20N4O2S2. The van der Waals surface area contributed by atoms with Gasteiger partial charge in [0.05, 0.1) is 5.69 Å². The van der Waals surface area contributed by atoms with Gasteiger partial charge in [-0.25, -0.2) is 18.5 Å². The largest absolute Gasteiger partial charge is 0.348 e. The molecule has 108 valence electrons. The lowest BCUT2D eigenvalue weighted by molar-refractivity contribution is 0.307. The summed E-state index contributed by atoms with van der Waals surface area (Å²) in [5.41, 5.74) is 6.26. The van der Waals surface area contributed by atoms with Gasteiger partial charge in [0.15, 0.2) is 9.34 Å². The molecule has 2 heterocycles. The summed E-state index contributed by atoms with van der Waals surface area (Å²) >= 11 is 1.15. The summed E-state index contributed by atoms with van der Waals surface area (Å²) in [7, 11) is -3.68. The van der Waals surface area contributed by atoms with Gasteiger partial charge >= 0.3 is 0 Å². The molecule has 8 heteroatoms. The van der Waals surface area contributed by atoms with Crippen molar-refractivity contribution in [3.05, 3.63) is 5.69 Å². The number of piperidine rings is 1. The van der Waals surface area contributed by atoms with Gasteiger partial charge in [0.2, 0.25) is 10.0 Å². The molecule has 0 radical (unpaired) electrons. The number of thiazole rings is 1. The summed E-state index contributed by atoms with van der Waals surface area (Å²) in [6, 6.07) is 0. The summed E-state index contributed by atoms with van der Waals surface area (Å²) in [6.07, 6.45) is 1.05. The van der Waals surface area contributed by atoms with Crippen LogP contribution in [0.3, 0.4) is 0 Å². The molecule has 0 saturated carbocycles. The predicted molar refractivity (Wildman–Crippen MR) is 76.8 cm³/mol. The van der Waals surface area contributed by atoms with Gasteiger partial charge in [-0.3, -0.25) is 0 Å². The number of hydrogen-bond acceptors (Lipinski definition) is 6. The van der Waals surface area contributed by atoms with Crippen LogP contribution in [-0.4, -0.2) is 33.0 Å². The first kappa shape index (κ1) is 14.7.